The summed E-state index contributed by atoms with van der Waals surface area (Å²) in [6, 6.07) is 15.4. The van der Waals surface area contributed by atoms with Crippen LogP contribution < -0.4 is 4.90 Å². The van der Waals surface area contributed by atoms with E-state index >= 15 is 0 Å². The number of carbonyl (C=O) groups excluding carboxylic acids is 2. The van der Waals surface area contributed by atoms with Gasteiger partial charge in [-0.2, -0.15) is 0 Å². The summed E-state index contributed by atoms with van der Waals surface area (Å²) in [6.45, 7) is 0. The van der Waals surface area contributed by atoms with Gasteiger partial charge in [-0.3, -0.25) is 19.5 Å². The Kier molecular flexibility index (Phi) is 4.56. The maximum atomic E-state index is 13.7. The predicted octanol–water partition coefficient (Wildman–Crippen LogP) is 4.61. The average molecular weight is 431 g/mol. The maximum absolute atomic E-state index is 13.7. The molecule has 4 aromatic rings. The van der Waals surface area contributed by atoms with Gasteiger partial charge in [0, 0.05) is 18.0 Å². The fraction of sp³-hybridized carbons (Fsp3) is 0.0435. The number of hydrogen-bond donors (Lipinski definition) is 1. The smallest absolute Gasteiger partial charge is 0.296 e. The van der Waals surface area contributed by atoms with Crippen molar-refractivity contribution in [3.63, 3.8) is 0 Å². The molecule has 3 heterocycles. The van der Waals surface area contributed by atoms with Crippen LogP contribution in [0.5, 0.6) is 0 Å². The first kappa shape index (κ1) is 19.1. The van der Waals surface area contributed by atoms with Crippen LogP contribution in [0.4, 0.5) is 9.52 Å². The van der Waals surface area contributed by atoms with Gasteiger partial charge in [-0.05, 0) is 35.9 Å². The lowest BCUT2D eigenvalue weighted by Crippen LogP contribution is -2.30. The highest BCUT2D eigenvalue weighted by Gasteiger charge is 2.45. The molecule has 1 unspecified atom stereocenters. The van der Waals surface area contributed by atoms with E-state index in [1.807, 2.05) is 6.07 Å². The number of hydrogen-bond acceptors (Lipinski definition) is 6. The molecule has 1 N–H and O–H groups in total. The third-order valence-electron chi connectivity index (χ3n) is 5.04. The van der Waals surface area contributed by atoms with E-state index < -0.39 is 29.3 Å². The Morgan fingerprint density at radius 2 is 1.90 bits per heavy atom. The molecule has 1 amide bonds. The molecule has 0 bridgehead atoms. The number of benzene rings is 2. The number of thiazole rings is 1. The zero-order valence-corrected chi connectivity index (χ0v) is 16.7. The van der Waals surface area contributed by atoms with Crippen LogP contribution in [-0.2, 0) is 4.79 Å². The van der Waals surface area contributed by atoms with Gasteiger partial charge in [0.1, 0.15) is 5.82 Å². The van der Waals surface area contributed by atoms with Crippen molar-refractivity contribution >= 4 is 38.4 Å². The maximum Gasteiger partial charge on any atom is 0.296 e. The molecule has 2 aromatic carbocycles. The number of aliphatic hydroxyl groups is 1. The van der Waals surface area contributed by atoms with E-state index in [9.17, 15) is 19.1 Å². The van der Waals surface area contributed by atoms with E-state index in [2.05, 4.69) is 9.97 Å². The molecule has 5 rings (SSSR count). The van der Waals surface area contributed by atoms with Crippen LogP contribution in [0, 0.1) is 5.82 Å². The number of amides is 1. The van der Waals surface area contributed by atoms with Crippen molar-refractivity contribution in [3.8, 4) is 0 Å². The molecule has 0 saturated heterocycles. The van der Waals surface area contributed by atoms with Crippen LogP contribution in [0.2, 0.25) is 0 Å². The summed E-state index contributed by atoms with van der Waals surface area (Å²) in [5, 5.41) is 11.0. The van der Waals surface area contributed by atoms with Gasteiger partial charge in [0.25, 0.3) is 5.91 Å². The van der Waals surface area contributed by atoms with Crippen LogP contribution in [0.3, 0.4) is 0 Å². The Morgan fingerprint density at radius 3 is 2.65 bits per heavy atom. The number of pyridine rings is 1. The topological polar surface area (TPSA) is 83.4 Å². The highest BCUT2D eigenvalue weighted by Crippen LogP contribution is 2.44. The number of aromatic nitrogens is 2. The minimum Gasteiger partial charge on any atom is -0.503 e. The predicted molar refractivity (Wildman–Crippen MR) is 114 cm³/mol. The van der Waals surface area contributed by atoms with Gasteiger partial charge in [-0.25, -0.2) is 9.37 Å². The zero-order valence-electron chi connectivity index (χ0n) is 15.9. The molecule has 0 aliphatic carbocycles. The van der Waals surface area contributed by atoms with Crippen LogP contribution in [0.25, 0.3) is 10.2 Å². The first-order valence-electron chi connectivity index (χ1n) is 9.37. The molecule has 0 fully saturated rings. The lowest BCUT2D eigenvalue weighted by molar-refractivity contribution is -0.117. The summed E-state index contributed by atoms with van der Waals surface area (Å²) in [6.07, 6.45) is 2.92. The van der Waals surface area contributed by atoms with Gasteiger partial charge in [0.05, 0.1) is 21.8 Å². The molecule has 0 saturated carbocycles. The first-order valence-corrected chi connectivity index (χ1v) is 10.2. The number of carbonyl (C=O) groups is 2. The van der Waals surface area contributed by atoms with Gasteiger partial charge in [-0.15, -0.1) is 0 Å². The minimum atomic E-state index is -0.883. The van der Waals surface area contributed by atoms with Gasteiger partial charge in [-0.1, -0.05) is 41.7 Å². The van der Waals surface area contributed by atoms with E-state index in [-0.39, 0.29) is 16.3 Å². The molecule has 2 aromatic heterocycles. The molecule has 6 nitrogen and oxygen atoms in total. The lowest BCUT2D eigenvalue weighted by atomic mass is 9.93. The molecule has 1 atom stereocenters. The fourth-order valence-electron chi connectivity index (χ4n) is 3.63. The molecular weight excluding hydrogens is 417 g/mol. The summed E-state index contributed by atoms with van der Waals surface area (Å²) in [5.41, 5.74) is 1.37. The monoisotopic (exact) mass is 431 g/mol. The van der Waals surface area contributed by atoms with Gasteiger partial charge >= 0.3 is 0 Å². The number of halogens is 1. The van der Waals surface area contributed by atoms with Crippen molar-refractivity contribution < 1.29 is 19.1 Å². The Balaban J connectivity index is 1.68. The number of aliphatic hydroxyl groups excluding tert-OH is 1. The first-order chi connectivity index (χ1) is 15.0. The summed E-state index contributed by atoms with van der Waals surface area (Å²) in [5.74, 6) is -2.28. The second-order valence-corrected chi connectivity index (χ2v) is 7.94. The number of anilines is 1. The Labute approximate surface area is 179 Å². The third-order valence-corrected chi connectivity index (χ3v) is 6.05. The molecule has 31 heavy (non-hydrogen) atoms. The van der Waals surface area contributed by atoms with E-state index in [1.54, 1.807) is 36.4 Å². The quantitative estimate of drug-likeness (QED) is 0.477. The van der Waals surface area contributed by atoms with Crippen molar-refractivity contribution in [2.45, 2.75) is 6.04 Å². The summed E-state index contributed by atoms with van der Waals surface area (Å²) in [4.78, 5) is 36.1. The van der Waals surface area contributed by atoms with Crippen molar-refractivity contribution in [1.29, 1.82) is 0 Å². The number of Topliss-reactive ketones (excluding diaryl/α,β-unsaturated/α-hetero) is 1. The van der Waals surface area contributed by atoms with Crippen LogP contribution in [-0.4, -0.2) is 26.8 Å². The second-order valence-electron chi connectivity index (χ2n) is 6.93. The third kappa shape index (κ3) is 3.17. The molecule has 0 radical (unpaired) electrons. The fourth-order valence-corrected chi connectivity index (χ4v) is 4.64. The van der Waals surface area contributed by atoms with Crippen molar-refractivity contribution in [1.82, 2.24) is 9.97 Å². The normalized spacial score (nSPS) is 16.4. The Hall–Kier alpha value is -3.91. The standard InChI is InChI=1S/C23H14FN3O3S/c24-15-8-9-16-17(11-15)31-23(26-16)27-19(13-5-2-1-3-6-13)18(21(29)22(27)30)20(28)14-7-4-10-25-12-14/h1-12,19,29H. The second kappa shape index (κ2) is 7.41. The van der Waals surface area contributed by atoms with Crippen LogP contribution in [0.15, 0.2) is 84.4 Å². The number of ketones is 1. The number of nitrogens with zero attached hydrogens (tertiary/aromatic N) is 3. The molecule has 1 aliphatic rings. The Bertz CT molecular complexity index is 1350. The Morgan fingerprint density at radius 1 is 1.10 bits per heavy atom. The molecule has 152 valence electrons. The lowest BCUT2D eigenvalue weighted by Gasteiger charge is -2.24. The number of fused-ring (bicyclic) bond motifs is 1. The zero-order chi connectivity index (χ0) is 21.5. The molecule has 0 spiro atoms. The van der Waals surface area contributed by atoms with Gasteiger partial charge < -0.3 is 5.11 Å². The summed E-state index contributed by atoms with van der Waals surface area (Å²) >= 11 is 1.12. The molecule has 1 aliphatic heterocycles. The van der Waals surface area contributed by atoms with Crippen molar-refractivity contribution in [2.75, 3.05) is 4.90 Å². The minimum absolute atomic E-state index is 0.0466. The van der Waals surface area contributed by atoms with E-state index in [0.29, 0.717) is 15.8 Å². The number of rotatable bonds is 4. The van der Waals surface area contributed by atoms with E-state index in [0.717, 1.165) is 11.3 Å². The van der Waals surface area contributed by atoms with E-state index in [1.165, 1.54) is 35.5 Å². The SMILES string of the molecule is O=C(C1=C(O)C(=O)N(c2nc3ccc(F)cc3s2)C1c1ccccc1)c1cccnc1. The summed E-state index contributed by atoms with van der Waals surface area (Å²) < 4.78 is 14.2. The van der Waals surface area contributed by atoms with E-state index in [4.69, 9.17) is 0 Å². The van der Waals surface area contributed by atoms with Crippen LogP contribution >= 0.6 is 11.3 Å². The van der Waals surface area contributed by atoms with Gasteiger partial charge in [0.2, 0.25) is 0 Å². The molecular formula is C23H14FN3O3S. The van der Waals surface area contributed by atoms with Crippen LogP contribution in [0.1, 0.15) is 22.0 Å². The van der Waals surface area contributed by atoms with Crippen molar-refractivity contribution in [3.05, 3.63) is 101 Å². The van der Waals surface area contributed by atoms with Gasteiger partial charge in [0.15, 0.2) is 16.7 Å². The molecule has 8 heteroatoms. The largest absolute Gasteiger partial charge is 0.503 e. The summed E-state index contributed by atoms with van der Waals surface area (Å²) in [7, 11) is 0. The van der Waals surface area contributed by atoms with Crippen molar-refractivity contribution in [2.24, 2.45) is 0 Å². The highest BCUT2D eigenvalue weighted by molar-refractivity contribution is 7.22. The average Bonchev–Trinajstić information content (AvgIpc) is 3.32. The highest BCUT2D eigenvalue weighted by atomic mass is 32.1.